The van der Waals surface area contributed by atoms with Gasteiger partial charge in [-0.15, -0.1) is 0 Å². The Labute approximate surface area is 249 Å². The fraction of sp³-hybridized carbons (Fsp3) is 0.625. The summed E-state index contributed by atoms with van der Waals surface area (Å²) in [5, 5.41) is 8.78. The average Bonchev–Trinajstić information content (AvgIpc) is 3.57. The van der Waals surface area contributed by atoms with Crippen LogP contribution in [0, 0.1) is 0 Å². The van der Waals surface area contributed by atoms with Crippen LogP contribution >= 0.6 is 15.9 Å². The zero-order chi connectivity index (χ0) is 32.1. The maximum Gasteiger partial charge on any atom is 0.449 e. The number of hydrogen-bond donors (Lipinski definition) is 1. The van der Waals surface area contributed by atoms with Crippen LogP contribution in [0.4, 0.5) is 41.7 Å². The van der Waals surface area contributed by atoms with Crippen LogP contribution in [-0.4, -0.2) is 77.3 Å². The molecule has 0 spiro atoms. The number of hydrogen-bond acceptors (Lipinski definition) is 6. The normalized spacial score (nSPS) is 17.3. The largest absolute Gasteiger partial charge is 0.465 e. The molecule has 2 aromatic heterocycles. The number of nitrogens with zero attached hydrogens (tertiary/aromatic N) is 7. The minimum absolute atomic E-state index is 0.00640. The van der Waals surface area contributed by atoms with Crippen LogP contribution in [0.25, 0.3) is 0 Å². The molecule has 1 fully saturated rings. The van der Waals surface area contributed by atoms with E-state index in [1.54, 1.807) is 20.8 Å². The molecule has 1 N–H and O–H groups in total. The lowest BCUT2D eigenvalue weighted by molar-refractivity contribution is -0.148. The van der Waals surface area contributed by atoms with Crippen molar-refractivity contribution in [3.05, 3.63) is 27.6 Å². The molecule has 19 heteroatoms. The lowest BCUT2D eigenvalue weighted by Crippen LogP contribution is -2.42. The predicted molar refractivity (Wildman–Crippen MR) is 139 cm³/mol. The highest BCUT2D eigenvalue weighted by molar-refractivity contribution is 9.10. The molecule has 2 aromatic rings. The van der Waals surface area contributed by atoms with Gasteiger partial charge in [0.05, 0.1) is 24.5 Å². The summed E-state index contributed by atoms with van der Waals surface area (Å²) in [5.41, 5.74) is -0.268. The first-order valence-electron chi connectivity index (χ1n) is 13.0. The van der Waals surface area contributed by atoms with Crippen molar-refractivity contribution >= 4 is 39.8 Å². The topological polar surface area (TPSA) is 126 Å². The summed E-state index contributed by atoms with van der Waals surface area (Å²) < 4.78 is 85.3. The lowest BCUT2D eigenvalue weighted by atomic mass is 10.2. The van der Waals surface area contributed by atoms with Gasteiger partial charge in [-0.1, -0.05) is 0 Å². The van der Waals surface area contributed by atoms with Crippen LogP contribution in [0.15, 0.2) is 4.60 Å². The Hall–Kier alpha value is -3.51. The van der Waals surface area contributed by atoms with Crippen LogP contribution in [0.1, 0.15) is 56.6 Å². The van der Waals surface area contributed by atoms with Gasteiger partial charge in [0.2, 0.25) is 17.6 Å². The standard InChI is InChI=1S/C16H21F3N4O3.C8H7BrF3N3O2/c1-15(2,3)26-14(25)21-7-8-22-10(9-21)12(20-13(22)16(17,18)19)23-6-4-5-11(23)24;9-5-4-3-14(7(16)17)1-2-15(4)6(13-5)8(10,11)12/h4-9H2,1-3H3;1-3H2,(H,16,17). The Morgan fingerprint density at radius 3 is 1.88 bits per heavy atom. The molecule has 3 amide bonds. The number of carbonyl (C=O) groups excluding carboxylic acids is 2. The van der Waals surface area contributed by atoms with E-state index in [9.17, 15) is 40.7 Å². The Balaban J connectivity index is 0.000000215. The maximum atomic E-state index is 13.4. The Morgan fingerprint density at radius 2 is 1.37 bits per heavy atom. The first-order chi connectivity index (χ1) is 19.8. The third-order valence-electron chi connectivity index (χ3n) is 6.70. The molecule has 1 saturated heterocycles. The average molecular weight is 688 g/mol. The van der Waals surface area contributed by atoms with E-state index >= 15 is 0 Å². The second kappa shape index (κ2) is 11.5. The lowest BCUT2D eigenvalue weighted by Gasteiger charge is -2.32. The number of carbonyl (C=O) groups is 3. The van der Waals surface area contributed by atoms with E-state index in [-0.39, 0.29) is 73.4 Å². The van der Waals surface area contributed by atoms with E-state index in [0.29, 0.717) is 13.0 Å². The van der Waals surface area contributed by atoms with E-state index in [0.717, 1.165) is 14.0 Å². The summed E-state index contributed by atoms with van der Waals surface area (Å²) in [6, 6.07) is 0. The second-order valence-corrected chi connectivity index (χ2v) is 11.7. The van der Waals surface area contributed by atoms with Gasteiger partial charge in [0.15, 0.2) is 5.82 Å². The molecular formula is C24H28BrF6N7O5. The Bertz CT molecular complexity index is 1420. The third-order valence-corrected chi connectivity index (χ3v) is 7.34. The van der Waals surface area contributed by atoms with E-state index in [2.05, 4.69) is 25.9 Å². The van der Waals surface area contributed by atoms with Gasteiger partial charge in [-0.2, -0.15) is 26.3 Å². The van der Waals surface area contributed by atoms with Crippen molar-refractivity contribution in [2.45, 2.75) is 77.7 Å². The number of imidazole rings is 2. The second-order valence-electron chi connectivity index (χ2n) is 10.9. The zero-order valence-corrected chi connectivity index (χ0v) is 24.8. The van der Waals surface area contributed by atoms with Crippen molar-refractivity contribution in [3.8, 4) is 0 Å². The molecule has 3 aliphatic rings. The first-order valence-corrected chi connectivity index (χ1v) is 13.8. The fourth-order valence-corrected chi connectivity index (χ4v) is 5.35. The predicted octanol–water partition coefficient (Wildman–Crippen LogP) is 4.94. The van der Waals surface area contributed by atoms with Crippen LogP contribution in [0.5, 0.6) is 0 Å². The molecule has 0 unspecified atom stereocenters. The molecule has 0 radical (unpaired) electrons. The van der Waals surface area contributed by atoms with Crippen molar-refractivity contribution in [3.63, 3.8) is 0 Å². The van der Waals surface area contributed by atoms with Gasteiger partial charge in [-0.25, -0.2) is 19.6 Å². The van der Waals surface area contributed by atoms with Gasteiger partial charge in [-0.3, -0.25) is 9.69 Å². The van der Waals surface area contributed by atoms with Gasteiger partial charge in [0.25, 0.3) is 0 Å². The number of amides is 3. The van der Waals surface area contributed by atoms with Crippen molar-refractivity contribution in [2.24, 2.45) is 0 Å². The van der Waals surface area contributed by atoms with E-state index in [1.165, 1.54) is 9.80 Å². The van der Waals surface area contributed by atoms with Crippen molar-refractivity contribution < 1.29 is 50.6 Å². The molecule has 0 saturated carbocycles. The molecule has 0 aliphatic carbocycles. The molecule has 12 nitrogen and oxygen atoms in total. The summed E-state index contributed by atoms with van der Waals surface area (Å²) in [7, 11) is 0. The first kappa shape index (κ1) is 32.4. The van der Waals surface area contributed by atoms with Gasteiger partial charge >= 0.3 is 24.5 Å². The van der Waals surface area contributed by atoms with Crippen LogP contribution in [0.3, 0.4) is 0 Å². The van der Waals surface area contributed by atoms with Crippen LogP contribution < -0.4 is 4.90 Å². The molecule has 0 aromatic carbocycles. The molecular weight excluding hydrogens is 660 g/mol. The maximum absolute atomic E-state index is 13.4. The third kappa shape index (κ3) is 7.01. The number of halogens is 7. The number of fused-ring (bicyclic) bond motifs is 2. The Morgan fingerprint density at radius 1 is 0.837 bits per heavy atom. The quantitative estimate of drug-likeness (QED) is 0.421. The highest BCUT2D eigenvalue weighted by Gasteiger charge is 2.43. The smallest absolute Gasteiger partial charge is 0.449 e. The molecule has 5 heterocycles. The van der Waals surface area contributed by atoms with Crippen LogP contribution in [-0.2, 0) is 48.1 Å². The van der Waals surface area contributed by atoms with Gasteiger partial charge in [0.1, 0.15) is 10.2 Å². The number of alkyl halides is 6. The van der Waals surface area contributed by atoms with Crippen LogP contribution in [0.2, 0.25) is 0 Å². The monoisotopic (exact) mass is 687 g/mol. The number of anilines is 1. The van der Waals surface area contributed by atoms with E-state index in [1.807, 2.05) is 0 Å². The van der Waals surface area contributed by atoms with E-state index in [4.69, 9.17) is 9.84 Å². The molecule has 0 bridgehead atoms. The minimum atomic E-state index is -4.64. The highest BCUT2D eigenvalue weighted by atomic mass is 79.9. The summed E-state index contributed by atoms with van der Waals surface area (Å²) in [5.74, 6) is -2.29. The zero-order valence-electron chi connectivity index (χ0n) is 23.2. The number of rotatable bonds is 1. The number of aromatic nitrogens is 4. The van der Waals surface area contributed by atoms with Crippen molar-refractivity contribution in [1.82, 2.24) is 28.9 Å². The fourth-order valence-electron chi connectivity index (χ4n) is 4.85. The summed E-state index contributed by atoms with van der Waals surface area (Å²) in [4.78, 5) is 45.8. The highest BCUT2D eigenvalue weighted by Crippen LogP contribution is 2.37. The van der Waals surface area contributed by atoms with E-state index < -0.39 is 41.8 Å². The Kier molecular flexibility index (Phi) is 8.69. The molecule has 43 heavy (non-hydrogen) atoms. The van der Waals surface area contributed by atoms with Gasteiger partial charge in [-0.05, 0) is 43.1 Å². The minimum Gasteiger partial charge on any atom is -0.465 e. The van der Waals surface area contributed by atoms with Gasteiger partial charge < -0.3 is 28.8 Å². The number of carboxylic acid groups (broad SMARTS) is 1. The van der Waals surface area contributed by atoms with Crippen molar-refractivity contribution in [1.29, 1.82) is 0 Å². The molecule has 0 atom stereocenters. The summed E-state index contributed by atoms with van der Waals surface area (Å²) in [6.07, 6.45) is -10.1. The summed E-state index contributed by atoms with van der Waals surface area (Å²) >= 11 is 2.92. The SMILES string of the molecule is CC(C)(C)OC(=O)N1CCn2c(C(F)(F)F)nc(N3CCCC3=O)c2C1.O=C(O)N1CCn2c(C(F)(F)F)nc(Br)c2C1. The molecule has 3 aliphatic heterocycles. The van der Waals surface area contributed by atoms with Gasteiger partial charge in [0, 0.05) is 39.1 Å². The molecule has 5 rings (SSSR count). The number of ether oxygens (including phenoxy) is 1. The molecule has 238 valence electrons. The summed E-state index contributed by atoms with van der Waals surface area (Å²) in [6.45, 7) is 5.29. The van der Waals surface area contributed by atoms with Crippen molar-refractivity contribution in [2.75, 3.05) is 24.5 Å².